The van der Waals surface area contributed by atoms with Gasteiger partial charge >= 0.3 is 0 Å². The van der Waals surface area contributed by atoms with Gasteiger partial charge in [0.2, 0.25) is 0 Å². The zero-order valence-electron chi connectivity index (χ0n) is 11.9. The van der Waals surface area contributed by atoms with Gasteiger partial charge in [-0.05, 0) is 37.2 Å². The van der Waals surface area contributed by atoms with Gasteiger partial charge in [-0.25, -0.2) is 14.4 Å². The van der Waals surface area contributed by atoms with Crippen LogP contribution in [-0.2, 0) is 0 Å². The van der Waals surface area contributed by atoms with Crippen LogP contribution in [0.3, 0.4) is 0 Å². The van der Waals surface area contributed by atoms with Crippen LogP contribution in [-0.4, -0.2) is 23.6 Å². The highest BCUT2D eigenvalue weighted by molar-refractivity contribution is 5.39. The number of methoxy groups -OCH3 is 1. The van der Waals surface area contributed by atoms with Crippen molar-refractivity contribution in [2.75, 3.05) is 13.7 Å². The largest absolute Gasteiger partial charge is 0.496 e. The summed E-state index contributed by atoms with van der Waals surface area (Å²) in [6.45, 7) is 4.61. The van der Waals surface area contributed by atoms with Gasteiger partial charge in [-0.2, -0.15) is 0 Å². The van der Waals surface area contributed by atoms with Gasteiger partial charge in [0.15, 0.2) is 0 Å². The second-order valence-electron chi connectivity index (χ2n) is 4.50. The fourth-order valence-corrected chi connectivity index (χ4v) is 2.03. The van der Waals surface area contributed by atoms with E-state index in [0.29, 0.717) is 23.7 Å². The molecule has 1 N–H and O–H groups in total. The van der Waals surface area contributed by atoms with Crippen molar-refractivity contribution in [3.05, 3.63) is 53.4 Å². The predicted octanol–water partition coefficient (Wildman–Crippen LogP) is 2.63. The van der Waals surface area contributed by atoms with Crippen LogP contribution >= 0.6 is 0 Å². The van der Waals surface area contributed by atoms with E-state index in [-0.39, 0.29) is 11.9 Å². The molecule has 0 aliphatic heterocycles. The maximum Gasteiger partial charge on any atom is 0.149 e. The van der Waals surface area contributed by atoms with Gasteiger partial charge in [0.1, 0.15) is 17.4 Å². The molecule has 20 heavy (non-hydrogen) atoms. The molecule has 0 saturated carbocycles. The van der Waals surface area contributed by atoms with Crippen molar-refractivity contribution < 1.29 is 9.13 Å². The zero-order valence-corrected chi connectivity index (χ0v) is 11.9. The molecule has 0 saturated heterocycles. The van der Waals surface area contributed by atoms with Gasteiger partial charge in [0.25, 0.3) is 0 Å². The first-order chi connectivity index (χ1) is 9.65. The molecule has 1 heterocycles. The van der Waals surface area contributed by atoms with Gasteiger partial charge in [-0.15, -0.1) is 0 Å². The summed E-state index contributed by atoms with van der Waals surface area (Å²) in [6, 6.07) is 4.14. The first kappa shape index (κ1) is 14.4. The van der Waals surface area contributed by atoms with Crippen molar-refractivity contribution in [3.63, 3.8) is 0 Å². The lowest BCUT2D eigenvalue weighted by Gasteiger charge is -2.19. The van der Waals surface area contributed by atoms with Crippen LogP contribution in [0.1, 0.15) is 29.9 Å². The molecular weight excluding hydrogens is 257 g/mol. The van der Waals surface area contributed by atoms with E-state index in [1.165, 1.54) is 12.1 Å². The Morgan fingerprint density at radius 2 is 2.00 bits per heavy atom. The first-order valence-electron chi connectivity index (χ1n) is 6.51. The van der Waals surface area contributed by atoms with Crippen molar-refractivity contribution in [3.8, 4) is 5.75 Å². The van der Waals surface area contributed by atoms with Crippen LogP contribution in [0.5, 0.6) is 5.75 Å². The third kappa shape index (κ3) is 3.11. The predicted molar refractivity (Wildman–Crippen MR) is 75.2 cm³/mol. The van der Waals surface area contributed by atoms with Crippen LogP contribution in [0.2, 0.25) is 0 Å². The maximum absolute atomic E-state index is 13.5. The monoisotopic (exact) mass is 275 g/mol. The van der Waals surface area contributed by atoms with Crippen molar-refractivity contribution in [1.29, 1.82) is 0 Å². The second-order valence-corrected chi connectivity index (χ2v) is 4.50. The fraction of sp³-hybridized carbons (Fsp3) is 0.333. The van der Waals surface area contributed by atoms with Crippen LogP contribution < -0.4 is 10.1 Å². The Labute approximate surface area is 118 Å². The number of aromatic nitrogens is 2. The molecule has 4 nitrogen and oxygen atoms in total. The van der Waals surface area contributed by atoms with Gasteiger partial charge in [0.05, 0.1) is 13.2 Å². The highest BCUT2D eigenvalue weighted by atomic mass is 19.1. The Morgan fingerprint density at radius 3 is 2.60 bits per heavy atom. The highest BCUT2D eigenvalue weighted by Crippen LogP contribution is 2.29. The van der Waals surface area contributed by atoms with Crippen LogP contribution in [0.4, 0.5) is 4.39 Å². The molecule has 1 atom stereocenters. The van der Waals surface area contributed by atoms with Gasteiger partial charge in [0, 0.05) is 18.0 Å². The number of rotatable bonds is 5. The lowest BCUT2D eigenvalue weighted by atomic mass is 10.0. The fourth-order valence-electron chi connectivity index (χ4n) is 2.03. The molecule has 0 bridgehead atoms. The summed E-state index contributed by atoms with van der Waals surface area (Å²) in [5.74, 6) is 0.902. The van der Waals surface area contributed by atoms with E-state index >= 15 is 0 Å². The lowest BCUT2D eigenvalue weighted by molar-refractivity contribution is 0.401. The third-order valence-electron chi connectivity index (χ3n) is 2.97. The van der Waals surface area contributed by atoms with Gasteiger partial charge in [-0.3, -0.25) is 0 Å². The Hall–Kier alpha value is -2.01. The molecule has 2 rings (SSSR count). The number of nitrogens with one attached hydrogen (secondary N) is 1. The Bertz CT molecular complexity index is 572. The first-order valence-corrected chi connectivity index (χ1v) is 6.51. The molecule has 0 fully saturated rings. The van der Waals surface area contributed by atoms with Crippen LogP contribution in [0, 0.1) is 12.7 Å². The number of halogens is 1. The van der Waals surface area contributed by atoms with E-state index < -0.39 is 0 Å². The summed E-state index contributed by atoms with van der Waals surface area (Å²) in [6.07, 6.45) is 3.50. The van der Waals surface area contributed by atoms with Gasteiger partial charge in [-0.1, -0.05) is 6.92 Å². The molecule has 5 heteroatoms. The minimum Gasteiger partial charge on any atom is -0.496 e. The van der Waals surface area contributed by atoms with Crippen molar-refractivity contribution >= 4 is 0 Å². The molecule has 1 aromatic heterocycles. The summed E-state index contributed by atoms with van der Waals surface area (Å²) in [4.78, 5) is 8.65. The minimum atomic E-state index is -0.309. The van der Waals surface area contributed by atoms with E-state index in [9.17, 15) is 4.39 Å². The number of nitrogens with zero attached hydrogens (tertiary/aromatic N) is 2. The lowest BCUT2D eigenvalue weighted by Crippen LogP contribution is -2.24. The maximum atomic E-state index is 13.5. The summed E-state index contributed by atoms with van der Waals surface area (Å²) >= 11 is 0. The van der Waals surface area contributed by atoms with E-state index in [4.69, 9.17) is 4.74 Å². The standard InChI is InChI=1S/C15H18FN3O/c1-4-17-14(15-18-8-10(2)9-19-15)12-7-11(16)5-6-13(12)20-3/h5-9,14,17H,4H2,1-3H3. The molecule has 1 aromatic carbocycles. The summed E-state index contributed by atoms with van der Waals surface area (Å²) in [5.41, 5.74) is 1.67. The van der Waals surface area contributed by atoms with E-state index in [1.54, 1.807) is 25.6 Å². The average molecular weight is 275 g/mol. The molecular formula is C15H18FN3O. The van der Waals surface area contributed by atoms with Gasteiger partial charge < -0.3 is 10.1 Å². The molecule has 0 aliphatic rings. The average Bonchev–Trinajstić information content (AvgIpc) is 2.46. The number of benzene rings is 1. The summed E-state index contributed by atoms with van der Waals surface area (Å²) in [7, 11) is 1.57. The van der Waals surface area contributed by atoms with Crippen molar-refractivity contribution in [1.82, 2.24) is 15.3 Å². The third-order valence-corrected chi connectivity index (χ3v) is 2.97. The van der Waals surface area contributed by atoms with E-state index in [2.05, 4.69) is 15.3 Å². The number of ether oxygens (including phenoxy) is 1. The van der Waals surface area contributed by atoms with Crippen LogP contribution in [0.15, 0.2) is 30.6 Å². The Balaban J connectivity index is 2.47. The highest BCUT2D eigenvalue weighted by Gasteiger charge is 2.20. The Kier molecular flexibility index (Phi) is 4.63. The number of hydrogen-bond acceptors (Lipinski definition) is 4. The van der Waals surface area contributed by atoms with E-state index in [1.807, 2.05) is 13.8 Å². The normalized spacial score (nSPS) is 12.2. The van der Waals surface area contributed by atoms with Crippen LogP contribution in [0.25, 0.3) is 0 Å². The molecule has 106 valence electrons. The Morgan fingerprint density at radius 1 is 1.30 bits per heavy atom. The van der Waals surface area contributed by atoms with Crippen molar-refractivity contribution in [2.45, 2.75) is 19.9 Å². The topological polar surface area (TPSA) is 47.0 Å². The smallest absolute Gasteiger partial charge is 0.149 e. The number of hydrogen-bond donors (Lipinski definition) is 1. The number of aryl methyl sites for hydroxylation is 1. The molecule has 0 spiro atoms. The molecule has 2 aromatic rings. The SMILES string of the molecule is CCNC(c1ncc(C)cn1)c1cc(F)ccc1OC. The molecule has 0 aliphatic carbocycles. The quantitative estimate of drug-likeness (QED) is 0.911. The molecule has 0 radical (unpaired) electrons. The second kappa shape index (κ2) is 6.43. The molecule has 1 unspecified atom stereocenters. The van der Waals surface area contributed by atoms with Crippen molar-refractivity contribution in [2.24, 2.45) is 0 Å². The summed E-state index contributed by atoms with van der Waals surface area (Å²) < 4.78 is 18.9. The molecule has 0 amide bonds. The van der Waals surface area contributed by atoms with E-state index in [0.717, 1.165) is 5.56 Å². The minimum absolute atomic E-state index is 0.300. The zero-order chi connectivity index (χ0) is 14.5. The summed E-state index contributed by atoms with van der Waals surface area (Å²) in [5, 5.41) is 3.26.